The molecule has 4 nitrogen and oxygen atoms in total. The molecule has 1 aliphatic rings. The predicted molar refractivity (Wildman–Crippen MR) is 89.9 cm³/mol. The molecule has 0 spiro atoms. The van der Waals surface area contributed by atoms with E-state index in [1.807, 2.05) is 6.07 Å². The van der Waals surface area contributed by atoms with Crippen LogP contribution in [0, 0.1) is 0 Å². The molecule has 1 N–H and O–H groups in total. The lowest BCUT2D eigenvalue weighted by Crippen LogP contribution is -2.49. The molecule has 2 rings (SSSR count). The number of likely N-dealkylation sites (N-methyl/N-ethyl adjacent to an activating group) is 1. The molecule has 4 heteroatoms. The molecule has 1 aromatic rings. The summed E-state index contributed by atoms with van der Waals surface area (Å²) in [6.07, 6.45) is 0.155. The molecule has 0 aromatic heterocycles. The van der Waals surface area contributed by atoms with Gasteiger partial charge in [-0.15, -0.1) is 0 Å². The van der Waals surface area contributed by atoms with Crippen molar-refractivity contribution in [2.45, 2.75) is 45.1 Å². The van der Waals surface area contributed by atoms with E-state index in [4.69, 9.17) is 4.74 Å². The van der Waals surface area contributed by atoms with E-state index in [0.29, 0.717) is 19.1 Å². The van der Waals surface area contributed by atoms with Crippen LogP contribution in [0.5, 0.6) is 0 Å². The maximum Gasteiger partial charge on any atom is 0.0793 e. The van der Waals surface area contributed by atoms with E-state index < -0.39 is 0 Å². The molecule has 124 valence electrons. The number of aliphatic hydroxyl groups excluding tert-OH is 1. The SMILES string of the molecule is CC1CN(CC(O)CN(C)C(C)c2ccccc2)CC(C)O1. The fourth-order valence-corrected chi connectivity index (χ4v) is 3.27. The van der Waals surface area contributed by atoms with Crippen molar-refractivity contribution < 1.29 is 9.84 Å². The van der Waals surface area contributed by atoms with Crippen molar-refractivity contribution in [3.8, 4) is 0 Å². The number of ether oxygens (including phenoxy) is 1. The summed E-state index contributed by atoms with van der Waals surface area (Å²) in [6.45, 7) is 9.57. The van der Waals surface area contributed by atoms with Crippen LogP contribution in [0.2, 0.25) is 0 Å². The van der Waals surface area contributed by atoms with E-state index in [9.17, 15) is 5.11 Å². The molecule has 1 saturated heterocycles. The van der Waals surface area contributed by atoms with Gasteiger partial charge in [-0.3, -0.25) is 9.80 Å². The van der Waals surface area contributed by atoms with Gasteiger partial charge in [0, 0.05) is 32.2 Å². The summed E-state index contributed by atoms with van der Waals surface area (Å²) in [6, 6.07) is 10.7. The van der Waals surface area contributed by atoms with Gasteiger partial charge in [0.2, 0.25) is 0 Å². The molecule has 0 aliphatic carbocycles. The second-order valence-corrected chi connectivity index (χ2v) is 6.66. The quantitative estimate of drug-likeness (QED) is 0.873. The monoisotopic (exact) mass is 306 g/mol. The van der Waals surface area contributed by atoms with Gasteiger partial charge in [0.15, 0.2) is 0 Å². The molecule has 1 fully saturated rings. The van der Waals surface area contributed by atoms with Gasteiger partial charge in [-0.2, -0.15) is 0 Å². The van der Waals surface area contributed by atoms with Crippen LogP contribution < -0.4 is 0 Å². The van der Waals surface area contributed by atoms with Crippen LogP contribution in [0.25, 0.3) is 0 Å². The predicted octanol–water partition coefficient (Wildman–Crippen LogP) is 2.15. The minimum absolute atomic E-state index is 0.247. The molecule has 1 aliphatic heterocycles. The molecule has 1 aromatic carbocycles. The van der Waals surface area contributed by atoms with E-state index in [-0.39, 0.29) is 18.3 Å². The highest BCUT2D eigenvalue weighted by Crippen LogP contribution is 2.18. The molecule has 1 heterocycles. The van der Waals surface area contributed by atoms with Crippen LogP contribution >= 0.6 is 0 Å². The highest BCUT2D eigenvalue weighted by atomic mass is 16.5. The van der Waals surface area contributed by atoms with Crippen molar-refractivity contribution in [3.63, 3.8) is 0 Å². The van der Waals surface area contributed by atoms with Gasteiger partial charge in [0.05, 0.1) is 18.3 Å². The van der Waals surface area contributed by atoms with Crippen molar-refractivity contribution in [3.05, 3.63) is 35.9 Å². The van der Waals surface area contributed by atoms with Crippen molar-refractivity contribution >= 4 is 0 Å². The minimum Gasteiger partial charge on any atom is -0.390 e. The average Bonchev–Trinajstić information content (AvgIpc) is 2.46. The van der Waals surface area contributed by atoms with E-state index in [0.717, 1.165) is 13.1 Å². The Balaban J connectivity index is 1.82. The number of rotatable bonds is 6. The number of β-amino-alcohol motifs (C(OH)–C–C–N with tert-alkyl or cyclic N) is 1. The Bertz CT molecular complexity index is 430. The van der Waals surface area contributed by atoms with Crippen molar-refractivity contribution in [1.82, 2.24) is 9.80 Å². The lowest BCUT2D eigenvalue weighted by atomic mass is 10.1. The van der Waals surface area contributed by atoms with Gasteiger partial charge in [-0.05, 0) is 33.4 Å². The first-order valence-corrected chi connectivity index (χ1v) is 8.26. The van der Waals surface area contributed by atoms with Gasteiger partial charge in [0.25, 0.3) is 0 Å². The van der Waals surface area contributed by atoms with Gasteiger partial charge in [-0.1, -0.05) is 30.3 Å². The summed E-state index contributed by atoms with van der Waals surface area (Å²) in [5.74, 6) is 0. The standard InChI is InChI=1S/C18H30N2O2/c1-14-10-20(11-15(2)22-14)13-18(21)12-19(4)16(3)17-8-6-5-7-9-17/h5-9,14-16,18,21H,10-13H2,1-4H3. The fourth-order valence-electron chi connectivity index (χ4n) is 3.27. The largest absolute Gasteiger partial charge is 0.390 e. The number of benzene rings is 1. The first-order chi connectivity index (χ1) is 10.5. The first kappa shape index (κ1) is 17.4. The van der Waals surface area contributed by atoms with Gasteiger partial charge >= 0.3 is 0 Å². The van der Waals surface area contributed by atoms with E-state index in [2.05, 4.69) is 61.9 Å². The molecule has 0 bridgehead atoms. The fraction of sp³-hybridized carbons (Fsp3) is 0.667. The Morgan fingerprint density at radius 1 is 1.23 bits per heavy atom. The maximum absolute atomic E-state index is 10.4. The zero-order valence-electron chi connectivity index (χ0n) is 14.3. The summed E-state index contributed by atoms with van der Waals surface area (Å²) in [5, 5.41) is 10.4. The molecule has 4 unspecified atom stereocenters. The third kappa shape index (κ3) is 5.06. The topological polar surface area (TPSA) is 35.9 Å². The average molecular weight is 306 g/mol. The third-order valence-electron chi connectivity index (χ3n) is 4.41. The number of hydrogen-bond donors (Lipinski definition) is 1. The first-order valence-electron chi connectivity index (χ1n) is 8.26. The third-order valence-corrected chi connectivity index (χ3v) is 4.41. The molecule has 22 heavy (non-hydrogen) atoms. The van der Waals surface area contributed by atoms with E-state index in [1.54, 1.807) is 0 Å². The van der Waals surface area contributed by atoms with Crippen molar-refractivity contribution in [2.24, 2.45) is 0 Å². The summed E-state index contributed by atoms with van der Waals surface area (Å²) in [5.41, 5.74) is 1.28. The van der Waals surface area contributed by atoms with Gasteiger partial charge in [-0.25, -0.2) is 0 Å². The summed E-state index contributed by atoms with van der Waals surface area (Å²) in [7, 11) is 2.07. The van der Waals surface area contributed by atoms with Crippen LogP contribution in [0.4, 0.5) is 0 Å². The number of aliphatic hydroxyl groups is 1. The normalized spacial score (nSPS) is 26.1. The molecule has 4 atom stereocenters. The van der Waals surface area contributed by atoms with Crippen molar-refractivity contribution in [2.75, 3.05) is 33.2 Å². The Hall–Kier alpha value is -0.940. The summed E-state index contributed by atoms with van der Waals surface area (Å²) >= 11 is 0. The second-order valence-electron chi connectivity index (χ2n) is 6.66. The van der Waals surface area contributed by atoms with E-state index >= 15 is 0 Å². The second kappa shape index (κ2) is 8.06. The summed E-state index contributed by atoms with van der Waals surface area (Å²) < 4.78 is 5.74. The molecule has 0 radical (unpaired) electrons. The smallest absolute Gasteiger partial charge is 0.0793 e. The maximum atomic E-state index is 10.4. The highest BCUT2D eigenvalue weighted by molar-refractivity contribution is 5.18. The number of morpholine rings is 1. The van der Waals surface area contributed by atoms with Crippen LogP contribution in [-0.2, 0) is 4.74 Å². The Morgan fingerprint density at radius 2 is 1.82 bits per heavy atom. The van der Waals surface area contributed by atoms with Crippen LogP contribution in [0.15, 0.2) is 30.3 Å². The highest BCUT2D eigenvalue weighted by Gasteiger charge is 2.24. The molecule has 0 amide bonds. The molecular weight excluding hydrogens is 276 g/mol. The van der Waals surface area contributed by atoms with E-state index in [1.165, 1.54) is 5.56 Å². The lowest BCUT2D eigenvalue weighted by Gasteiger charge is -2.37. The zero-order valence-corrected chi connectivity index (χ0v) is 14.3. The Morgan fingerprint density at radius 3 is 2.41 bits per heavy atom. The number of hydrogen-bond acceptors (Lipinski definition) is 4. The van der Waals surface area contributed by atoms with Crippen LogP contribution in [0.3, 0.4) is 0 Å². The van der Waals surface area contributed by atoms with Gasteiger partial charge in [0.1, 0.15) is 0 Å². The van der Waals surface area contributed by atoms with Crippen molar-refractivity contribution in [1.29, 1.82) is 0 Å². The minimum atomic E-state index is -0.339. The molecular formula is C18H30N2O2. The van der Waals surface area contributed by atoms with Crippen LogP contribution in [0.1, 0.15) is 32.4 Å². The Kier molecular flexibility index (Phi) is 6.38. The molecule has 0 saturated carbocycles. The number of nitrogens with zero attached hydrogens (tertiary/aromatic N) is 2. The Labute approximate surface area is 134 Å². The summed E-state index contributed by atoms with van der Waals surface area (Å²) in [4.78, 5) is 4.53. The van der Waals surface area contributed by atoms with Crippen LogP contribution in [-0.4, -0.2) is 66.4 Å². The lowest BCUT2D eigenvalue weighted by molar-refractivity contribution is -0.0781. The van der Waals surface area contributed by atoms with Gasteiger partial charge < -0.3 is 9.84 Å². The zero-order chi connectivity index (χ0) is 16.1.